The van der Waals surface area contributed by atoms with Gasteiger partial charge in [0.05, 0.1) is 11.0 Å². The van der Waals surface area contributed by atoms with E-state index >= 15 is 0 Å². The van der Waals surface area contributed by atoms with Crippen LogP contribution in [0.2, 0.25) is 0 Å². The van der Waals surface area contributed by atoms with Gasteiger partial charge < -0.3 is 4.57 Å². The SMILES string of the molecule is c1ccc(-n2c3cccc4ccc5cccc2c5c43)cc1. The second-order valence-corrected chi connectivity index (χ2v) is 5.49. The topological polar surface area (TPSA) is 4.93 Å². The van der Waals surface area contributed by atoms with E-state index < -0.39 is 0 Å². The summed E-state index contributed by atoms with van der Waals surface area (Å²) in [4.78, 5) is 0. The lowest BCUT2D eigenvalue weighted by molar-refractivity contribution is 1.18. The Balaban J connectivity index is 2.12. The zero-order valence-corrected chi connectivity index (χ0v) is 11.5. The fraction of sp³-hybridized carbons (Fsp3) is 0. The molecule has 0 bridgehead atoms. The van der Waals surface area contributed by atoms with Crippen LogP contribution >= 0.6 is 0 Å². The van der Waals surface area contributed by atoms with Gasteiger partial charge in [-0.15, -0.1) is 0 Å². The van der Waals surface area contributed by atoms with Crippen LogP contribution in [-0.2, 0) is 0 Å². The summed E-state index contributed by atoms with van der Waals surface area (Å²) in [5.41, 5.74) is 3.78. The van der Waals surface area contributed by atoms with Crippen molar-refractivity contribution in [1.29, 1.82) is 0 Å². The lowest BCUT2D eigenvalue weighted by Crippen LogP contribution is -1.92. The van der Waals surface area contributed by atoms with E-state index in [0.29, 0.717) is 0 Å². The Bertz CT molecular complexity index is 1000. The molecule has 5 rings (SSSR count). The first-order valence-corrected chi connectivity index (χ1v) is 7.23. The van der Waals surface area contributed by atoms with Crippen molar-refractivity contribution >= 4 is 32.6 Å². The summed E-state index contributed by atoms with van der Waals surface area (Å²) in [6.45, 7) is 0. The number of para-hydroxylation sites is 1. The Kier molecular flexibility index (Phi) is 2.01. The Morgan fingerprint density at radius 2 is 1.05 bits per heavy atom. The van der Waals surface area contributed by atoms with Gasteiger partial charge in [-0.25, -0.2) is 0 Å². The van der Waals surface area contributed by atoms with Crippen LogP contribution in [0.15, 0.2) is 78.9 Å². The third-order valence-corrected chi connectivity index (χ3v) is 4.34. The van der Waals surface area contributed by atoms with Crippen molar-refractivity contribution in [3.8, 4) is 5.69 Å². The molecule has 98 valence electrons. The molecule has 1 heteroatoms. The van der Waals surface area contributed by atoms with E-state index in [0.717, 1.165) is 0 Å². The van der Waals surface area contributed by atoms with Crippen molar-refractivity contribution in [3.63, 3.8) is 0 Å². The number of rotatable bonds is 1. The Morgan fingerprint density at radius 3 is 1.62 bits per heavy atom. The molecule has 0 aliphatic carbocycles. The first-order chi connectivity index (χ1) is 10.4. The van der Waals surface area contributed by atoms with Crippen molar-refractivity contribution in [2.75, 3.05) is 0 Å². The average molecular weight is 267 g/mol. The molecule has 0 radical (unpaired) electrons. The van der Waals surface area contributed by atoms with Crippen molar-refractivity contribution in [3.05, 3.63) is 78.9 Å². The molecule has 0 saturated carbocycles. The van der Waals surface area contributed by atoms with Crippen molar-refractivity contribution in [2.24, 2.45) is 0 Å². The van der Waals surface area contributed by atoms with E-state index in [1.807, 2.05) is 0 Å². The van der Waals surface area contributed by atoms with Gasteiger partial charge in [0.25, 0.3) is 0 Å². The van der Waals surface area contributed by atoms with E-state index in [1.54, 1.807) is 0 Å². The highest BCUT2D eigenvalue weighted by atomic mass is 15.0. The molecule has 1 heterocycles. The largest absolute Gasteiger partial charge is 0.309 e. The number of aromatic nitrogens is 1. The van der Waals surface area contributed by atoms with E-state index in [-0.39, 0.29) is 0 Å². The zero-order valence-electron chi connectivity index (χ0n) is 11.5. The van der Waals surface area contributed by atoms with Crippen LogP contribution in [0.4, 0.5) is 0 Å². The first kappa shape index (κ1) is 10.9. The monoisotopic (exact) mass is 267 g/mol. The summed E-state index contributed by atoms with van der Waals surface area (Å²) in [7, 11) is 0. The number of hydrogen-bond acceptors (Lipinski definition) is 0. The maximum atomic E-state index is 2.37. The second kappa shape index (κ2) is 3.86. The van der Waals surface area contributed by atoms with Crippen LogP contribution < -0.4 is 0 Å². The zero-order chi connectivity index (χ0) is 13.8. The standard InChI is InChI=1S/C20H13N/c1-2-8-16(9-3-1)21-17-10-4-6-14-12-13-15-7-5-11-18(21)20(15)19(14)17/h1-13H. The molecule has 0 saturated heterocycles. The maximum absolute atomic E-state index is 2.37. The minimum absolute atomic E-state index is 1.22. The van der Waals surface area contributed by atoms with Crippen LogP contribution in [0.1, 0.15) is 0 Å². The van der Waals surface area contributed by atoms with Gasteiger partial charge >= 0.3 is 0 Å². The predicted molar refractivity (Wildman–Crippen MR) is 89.5 cm³/mol. The third-order valence-electron chi connectivity index (χ3n) is 4.34. The molecule has 0 aliphatic rings. The van der Waals surface area contributed by atoms with Crippen molar-refractivity contribution in [2.45, 2.75) is 0 Å². The lowest BCUT2D eigenvalue weighted by Gasteiger charge is -2.07. The Labute approximate surface area is 122 Å². The number of nitrogens with zero attached hydrogens (tertiary/aromatic N) is 1. The highest BCUT2D eigenvalue weighted by molar-refractivity contribution is 6.24. The van der Waals surface area contributed by atoms with Crippen LogP contribution in [0.25, 0.3) is 38.3 Å². The average Bonchev–Trinajstić information content (AvgIpc) is 2.90. The van der Waals surface area contributed by atoms with Crippen LogP contribution in [-0.4, -0.2) is 4.57 Å². The highest BCUT2D eigenvalue weighted by Crippen LogP contribution is 2.38. The van der Waals surface area contributed by atoms with Gasteiger partial charge in [-0.05, 0) is 35.0 Å². The molecular formula is C20H13N. The molecule has 4 aromatic carbocycles. The fourth-order valence-corrected chi connectivity index (χ4v) is 3.47. The van der Waals surface area contributed by atoms with Gasteiger partial charge in [0, 0.05) is 16.5 Å². The van der Waals surface area contributed by atoms with E-state index in [4.69, 9.17) is 0 Å². The maximum Gasteiger partial charge on any atom is 0.0547 e. The lowest BCUT2D eigenvalue weighted by atomic mass is 10.0. The molecule has 0 atom stereocenters. The van der Waals surface area contributed by atoms with E-state index in [1.165, 1.54) is 38.3 Å². The summed E-state index contributed by atoms with van der Waals surface area (Å²) in [6, 6.07) is 28.2. The molecule has 0 fully saturated rings. The molecule has 1 nitrogen and oxygen atoms in total. The number of benzene rings is 4. The summed E-state index contributed by atoms with van der Waals surface area (Å²) < 4.78 is 2.37. The van der Waals surface area contributed by atoms with Gasteiger partial charge in [-0.1, -0.05) is 54.6 Å². The van der Waals surface area contributed by atoms with Gasteiger partial charge in [0.1, 0.15) is 0 Å². The van der Waals surface area contributed by atoms with Gasteiger partial charge in [-0.2, -0.15) is 0 Å². The van der Waals surface area contributed by atoms with Gasteiger partial charge in [0.2, 0.25) is 0 Å². The molecule has 0 amide bonds. The van der Waals surface area contributed by atoms with Gasteiger partial charge in [-0.3, -0.25) is 0 Å². The van der Waals surface area contributed by atoms with Gasteiger partial charge in [0.15, 0.2) is 0 Å². The van der Waals surface area contributed by atoms with Crippen LogP contribution in [0, 0.1) is 0 Å². The Hall–Kier alpha value is -2.80. The van der Waals surface area contributed by atoms with E-state index in [9.17, 15) is 0 Å². The van der Waals surface area contributed by atoms with Crippen LogP contribution in [0.5, 0.6) is 0 Å². The molecule has 0 aliphatic heterocycles. The molecule has 5 aromatic rings. The second-order valence-electron chi connectivity index (χ2n) is 5.49. The molecule has 21 heavy (non-hydrogen) atoms. The minimum Gasteiger partial charge on any atom is -0.309 e. The normalized spacial score (nSPS) is 11.8. The molecule has 1 aromatic heterocycles. The smallest absolute Gasteiger partial charge is 0.0547 e. The van der Waals surface area contributed by atoms with E-state index in [2.05, 4.69) is 83.4 Å². The van der Waals surface area contributed by atoms with Crippen molar-refractivity contribution < 1.29 is 0 Å². The first-order valence-electron chi connectivity index (χ1n) is 7.23. The summed E-state index contributed by atoms with van der Waals surface area (Å²) in [5.74, 6) is 0. The highest BCUT2D eigenvalue weighted by Gasteiger charge is 2.15. The minimum atomic E-state index is 1.22. The van der Waals surface area contributed by atoms with Crippen molar-refractivity contribution in [1.82, 2.24) is 4.57 Å². The Morgan fingerprint density at radius 1 is 0.476 bits per heavy atom. The third kappa shape index (κ3) is 1.35. The fourth-order valence-electron chi connectivity index (χ4n) is 3.47. The molecule has 0 N–H and O–H groups in total. The molecular weight excluding hydrogens is 254 g/mol. The number of hydrogen-bond donors (Lipinski definition) is 0. The summed E-state index contributed by atoms with van der Waals surface area (Å²) in [6.07, 6.45) is 0. The predicted octanol–water partition coefficient (Wildman–Crippen LogP) is 5.37. The quantitative estimate of drug-likeness (QED) is 0.360. The summed E-state index contributed by atoms with van der Waals surface area (Å²) >= 11 is 0. The summed E-state index contributed by atoms with van der Waals surface area (Å²) in [5, 5.41) is 5.36. The van der Waals surface area contributed by atoms with Crippen LogP contribution in [0.3, 0.4) is 0 Å². The molecule has 0 spiro atoms. The molecule has 0 unspecified atom stereocenters.